The van der Waals surface area contributed by atoms with Crippen molar-refractivity contribution in [3.05, 3.63) is 65.5 Å². The fourth-order valence-electron chi connectivity index (χ4n) is 3.58. The predicted octanol–water partition coefficient (Wildman–Crippen LogP) is 5.48. The first-order valence-corrected chi connectivity index (χ1v) is 9.94. The van der Waals surface area contributed by atoms with Gasteiger partial charge >= 0.3 is 12.2 Å². The number of alkyl halides is 3. The smallest absolute Gasteiger partial charge is 0.339 e. The van der Waals surface area contributed by atoms with Gasteiger partial charge in [-0.05, 0) is 31.9 Å². The lowest BCUT2D eigenvalue weighted by molar-refractivity contribution is -0.136. The Bertz CT molecular complexity index is 1060. The number of carbonyl (C=O) groups excluding carboxylic acids is 1. The van der Waals surface area contributed by atoms with Gasteiger partial charge in [0, 0.05) is 24.6 Å². The number of halogens is 3. The van der Waals surface area contributed by atoms with Crippen LogP contribution in [-0.4, -0.2) is 34.2 Å². The van der Waals surface area contributed by atoms with Gasteiger partial charge in [-0.3, -0.25) is 0 Å². The Morgan fingerprint density at radius 1 is 1.10 bits per heavy atom. The molecule has 31 heavy (non-hydrogen) atoms. The van der Waals surface area contributed by atoms with Crippen molar-refractivity contribution in [3.63, 3.8) is 0 Å². The molecular weight excluding hydrogens is 409 g/mol. The summed E-state index contributed by atoms with van der Waals surface area (Å²) >= 11 is 0. The van der Waals surface area contributed by atoms with Gasteiger partial charge in [-0.15, -0.1) is 0 Å². The van der Waals surface area contributed by atoms with E-state index in [0.29, 0.717) is 37.6 Å². The summed E-state index contributed by atoms with van der Waals surface area (Å²) in [4.78, 5) is 18.5. The zero-order chi connectivity index (χ0) is 22.0. The first-order valence-electron chi connectivity index (χ1n) is 9.94. The Balaban J connectivity index is 1.37. The van der Waals surface area contributed by atoms with Gasteiger partial charge in [-0.1, -0.05) is 47.1 Å². The highest BCUT2D eigenvalue weighted by molar-refractivity contribution is 5.90. The number of aryl methyl sites for hydroxylation is 1. The van der Waals surface area contributed by atoms with Crippen LogP contribution in [-0.2, 0) is 6.18 Å². The summed E-state index contributed by atoms with van der Waals surface area (Å²) in [5, 5.41) is 6.44. The zero-order valence-corrected chi connectivity index (χ0v) is 16.8. The van der Waals surface area contributed by atoms with E-state index in [1.807, 2.05) is 31.2 Å². The summed E-state index contributed by atoms with van der Waals surface area (Å²) in [6, 6.07) is 12.2. The second-order valence-corrected chi connectivity index (χ2v) is 7.56. The van der Waals surface area contributed by atoms with Crippen molar-refractivity contribution in [3.8, 4) is 11.4 Å². The average molecular weight is 430 g/mol. The highest BCUT2D eigenvalue weighted by atomic mass is 19.4. The molecule has 1 N–H and O–H groups in total. The number of nitrogens with zero attached hydrogens (tertiary/aromatic N) is 3. The number of anilines is 1. The van der Waals surface area contributed by atoms with Gasteiger partial charge in [0.15, 0.2) is 0 Å². The Morgan fingerprint density at radius 2 is 1.77 bits per heavy atom. The average Bonchev–Trinajstić information content (AvgIpc) is 3.24. The third-order valence-electron chi connectivity index (χ3n) is 5.36. The van der Waals surface area contributed by atoms with Gasteiger partial charge in [-0.25, -0.2) is 4.79 Å². The molecule has 0 aliphatic carbocycles. The molecule has 6 nitrogen and oxygen atoms in total. The second kappa shape index (κ2) is 8.41. The molecule has 1 aliphatic heterocycles. The topological polar surface area (TPSA) is 71.3 Å². The quantitative estimate of drug-likeness (QED) is 0.598. The van der Waals surface area contributed by atoms with Crippen molar-refractivity contribution >= 4 is 11.7 Å². The first-order chi connectivity index (χ1) is 14.8. The van der Waals surface area contributed by atoms with Crippen molar-refractivity contribution in [2.75, 3.05) is 18.4 Å². The summed E-state index contributed by atoms with van der Waals surface area (Å²) in [7, 11) is 0. The Labute approximate surface area is 177 Å². The van der Waals surface area contributed by atoms with Gasteiger partial charge in [-0.2, -0.15) is 18.2 Å². The minimum absolute atomic E-state index is 0.00166. The van der Waals surface area contributed by atoms with Crippen molar-refractivity contribution in [1.29, 1.82) is 0 Å². The summed E-state index contributed by atoms with van der Waals surface area (Å²) in [5.74, 6) is 1.02. The molecule has 2 amide bonds. The number of piperidine rings is 1. The van der Waals surface area contributed by atoms with Crippen LogP contribution in [0.25, 0.3) is 11.4 Å². The molecule has 0 unspecified atom stereocenters. The van der Waals surface area contributed by atoms with Gasteiger partial charge in [0.05, 0.1) is 11.3 Å². The predicted molar refractivity (Wildman–Crippen MR) is 108 cm³/mol. The Kier molecular flexibility index (Phi) is 5.67. The number of urea groups is 1. The highest BCUT2D eigenvalue weighted by Gasteiger charge is 2.34. The molecule has 0 bridgehead atoms. The lowest BCUT2D eigenvalue weighted by Gasteiger charge is -2.30. The van der Waals surface area contributed by atoms with E-state index in [9.17, 15) is 18.0 Å². The van der Waals surface area contributed by atoms with Gasteiger partial charge in [0.25, 0.3) is 0 Å². The fraction of sp³-hybridized carbons (Fsp3) is 0.318. The third-order valence-corrected chi connectivity index (χ3v) is 5.36. The molecule has 2 aromatic carbocycles. The van der Waals surface area contributed by atoms with Gasteiger partial charge < -0.3 is 14.7 Å². The zero-order valence-electron chi connectivity index (χ0n) is 16.8. The van der Waals surface area contributed by atoms with Crippen molar-refractivity contribution < 1.29 is 22.5 Å². The van der Waals surface area contributed by atoms with E-state index in [4.69, 9.17) is 4.52 Å². The van der Waals surface area contributed by atoms with Crippen LogP contribution in [0.5, 0.6) is 0 Å². The largest absolute Gasteiger partial charge is 0.418 e. The summed E-state index contributed by atoms with van der Waals surface area (Å²) in [5.41, 5.74) is 0.881. The molecule has 1 saturated heterocycles. The van der Waals surface area contributed by atoms with Crippen LogP contribution in [0.4, 0.5) is 23.7 Å². The lowest BCUT2D eigenvalue weighted by atomic mass is 9.97. The number of amides is 2. The summed E-state index contributed by atoms with van der Waals surface area (Å²) < 4.78 is 44.8. The number of hydrogen-bond acceptors (Lipinski definition) is 4. The van der Waals surface area contributed by atoms with Crippen LogP contribution < -0.4 is 5.32 Å². The molecule has 0 atom stereocenters. The van der Waals surface area contributed by atoms with Crippen LogP contribution in [0, 0.1) is 6.92 Å². The molecule has 0 spiro atoms. The molecule has 162 valence electrons. The second-order valence-electron chi connectivity index (χ2n) is 7.56. The monoisotopic (exact) mass is 430 g/mol. The van der Waals surface area contributed by atoms with E-state index >= 15 is 0 Å². The van der Waals surface area contributed by atoms with Crippen LogP contribution in [0.3, 0.4) is 0 Å². The molecule has 0 saturated carbocycles. The van der Waals surface area contributed by atoms with E-state index in [2.05, 4.69) is 15.5 Å². The maximum atomic E-state index is 13.1. The van der Waals surface area contributed by atoms with Crippen molar-refractivity contribution in [2.24, 2.45) is 0 Å². The van der Waals surface area contributed by atoms with Gasteiger partial charge in [0.1, 0.15) is 0 Å². The number of nitrogens with one attached hydrogen (secondary N) is 1. The SMILES string of the molecule is Cc1ccc(-c2noc(C3CCN(C(=O)Nc4ccccc4C(F)(F)F)CC3)n2)cc1. The van der Waals surface area contributed by atoms with Crippen molar-refractivity contribution in [2.45, 2.75) is 31.9 Å². The molecular formula is C22H21F3N4O2. The number of para-hydroxylation sites is 1. The first kappa shape index (κ1) is 20.9. The number of likely N-dealkylation sites (tertiary alicyclic amines) is 1. The number of benzene rings is 2. The maximum absolute atomic E-state index is 13.1. The molecule has 1 aromatic heterocycles. The van der Waals surface area contributed by atoms with Gasteiger partial charge in [0.2, 0.25) is 11.7 Å². The minimum Gasteiger partial charge on any atom is -0.339 e. The molecule has 1 fully saturated rings. The minimum atomic E-state index is -4.54. The van der Waals surface area contributed by atoms with E-state index in [1.54, 1.807) is 0 Å². The standard InChI is InChI=1S/C22H21F3N4O2/c1-14-6-8-15(9-7-14)19-27-20(31-28-19)16-10-12-29(13-11-16)21(30)26-18-5-3-2-4-17(18)22(23,24)25/h2-9,16H,10-13H2,1H3,(H,26,30). The molecule has 0 radical (unpaired) electrons. The third kappa shape index (κ3) is 4.70. The molecule has 1 aliphatic rings. The van der Waals surface area contributed by atoms with Crippen LogP contribution in [0.15, 0.2) is 53.1 Å². The van der Waals surface area contributed by atoms with Crippen LogP contribution in [0.1, 0.15) is 35.8 Å². The lowest BCUT2D eigenvalue weighted by Crippen LogP contribution is -2.40. The van der Waals surface area contributed by atoms with Crippen LogP contribution >= 0.6 is 0 Å². The number of rotatable bonds is 3. The molecule has 2 heterocycles. The maximum Gasteiger partial charge on any atom is 0.418 e. The van der Waals surface area contributed by atoms with Crippen molar-refractivity contribution in [1.82, 2.24) is 15.0 Å². The Morgan fingerprint density at radius 3 is 2.45 bits per heavy atom. The number of aromatic nitrogens is 2. The van der Waals surface area contributed by atoms with Crippen LogP contribution in [0.2, 0.25) is 0 Å². The highest BCUT2D eigenvalue weighted by Crippen LogP contribution is 2.35. The summed E-state index contributed by atoms with van der Waals surface area (Å²) in [6.07, 6.45) is -3.36. The molecule has 3 aromatic rings. The molecule has 9 heteroatoms. The number of hydrogen-bond donors (Lipinski definition) is 1. The van der Waals surface area contributed by atoms with E-state index in [0.717, 1.165) is 17.2 Å². The Hall–Kier alpha value is -3.36. The number of carbonyl (C=O) groups is 1. The van der Waals surface area contributed by atoms with E-state index in [1.165, 1.54) is 23.1 Å². The summed E-state index contributed by atoms with van der Waals surface area (Å²) in [6.45, 7) is 2.76. The van der Waals surface area contributed by atoms with E-state index in [-0.39, 0.29) is 11.6 Å². The normalized spacial score (nSPS) is 15.2. The van der Waals surface area contributed by atoms with E-state index < -0.39 is 17.8 Å². The molecule has 4 rings (SSSR count). The fourth-order valence-corrected chi connectivity index (χ4v) is 3.58.